The lowest BCUT2D eigenvalue weighted by atomic mass is 9.90. The Bertz CT molecular complexity index is 327. The second kappa shape index (κ2) is 6.39. The molecule has 0 bridgehead atoms. The van der Waals surface area contributed by atoms with E-state index < -0.39 is 0 Å². The summed E-state index contributed by atoms with van der Waals surface area (Å²) in [6, 6.07) is 6.83. The molecule has 1 aromatic carbocycles. The van der Waals surface area contributed by atoms with Gasteiger partial charge in [-0.1, -0.05) is 37.8 Å². The van der Waals surface area contributed by atoms with E-state index in [4.69, 9.17) is 11.6 Å². The third kappa shape index (κ3) is 3.99. The molecular weight excluding hydrogens is 235 g/mol. The summed E-state index contributed by atoms with van der Waals surface area (Å²) in [5.41, 5.74) is 1.20. The van der Waals surface area contributed by atoms with E-state index >= 15 is 0 Å². The van der Waals surface area contributed by atoms with Crippen molar-refractivity contribution in [1.29, 1.82) is 0 Å². The van der Waals surface area contributed by atoms with Gasteiger partial charge in [-0.05, 0) is 42.4 Å². The first kappa shape index (κ1) is 12.9. The number of hydrogen-bond donors (Lipinski definition) is 0. The average Bonchev–Trinajstić information content (AvgIpc) is 2.84. The Morgan fingerprint density at radius 1 is 1.18 bits per heavy atom. The fraction of sp³-hybridized carbons (Fsp3) is 0.600. The third-order valence-corrected chi connectivity index (χ3v) is 4.23. The zero-order valence-corrected chi connectivity index (χ0v) is 10.9. The van der Waals surface area contributed by atoms with Crippen LogP contribution in [0.2, 0.25) is 0 Å². The summed E-state index contributed by atoms with van der Waals surface area (Å²) in [7, 11) is 0. The predicted octanol–water partition coefficient (Wildman–Crippen LogP) is 4.80. The highest BCUT2D eigenvalue weighted by atomic mass is 35.5. The van der Waals surface area contributed by atoms with Crippen LogP contribution in [-0.4, -0.2) is 5.88 Å². The molecule has 0 nitrogen and oxygen atoms in total. The Hall–Kier alpha value is -0.560. The first-order chi connectivity index (χ1) is 8.28. The predicted molar refractivity (Wildman–Crippen MR) is 70.9 cm³/mol. The maximum absolute atomic E-state index is 12.8. The van der Waals surface area contributed by atoms with Gasteiger partial charge in [-0.25, -0.2) is 4.39 Å². The summed E-state index contributed by atoms with van der Waals surface area (Å²) in [5.74, 6) is 1.98. The molecule has 2 rings (SSSR count). The zero-order chi connectivity index (χ0) is 12.1. The molecule has 0 N–H and O–H groups in total. The number of hydrogen-bond acceptors (Lipinski definition) is 0. The molecule has 1 aromatic rings. The molecule has 0 saturated heterocycles. The largest absolute Gasteiger partial charge is 0.207 e. The fourth-order valence-corrected chi connectivity index (χ4v) is 3.11. The molecule has 0 heterocycles. The average molecular weight is 255 g/mol. The Morgan fingerprint density at radius 2 is 1.82 bits per heavy atom. The standard InChI is InChI=1S/C15H20ClF/c16-11-14(9-12-3-1-2-4-12)10-13-5-7-15(17)8-6-13/h5-8,12,14H,1-4,9-11H2. The van der Waals surface area contributed by atoms with Gasteiger partial charge < -0.3 is 0 Å². The summed E-state index contributed by atoms with van der Waals surface area (Å²) in [6.45, 7) is 0. The molecule has 0 aliphatic heterocycles. The van der Waals surface area contributed by atoms with Crippen LogP contribution in [0.3, 0.4) is 0 Å². The maximum Gasteiger partial charge on any atom is 0.123 e. The number of alkyl halides is 1. The molecular formula is C15H20ClF. The molecule has 17 heavy (non-hydrogen) atoms. The van der Waals surface area contributed by atoms with Crippen LogP contribution in [0, 0.1) is 17.7 Å². The minimum atomic E-state index is -0.160. The fourth-order valence-electron chi connectivity index (χ4n) is 2.87. The number of benzene rings is 1. The molecule has 1 fully saturated rings. The minimum Gasteiger partial charge on any atom is -0.207 e. The van der Waals surface area contributed by atoms with Gasteiger partial charge in [-0.3, -0.25) is 0 Å². The van der Waals surface area contributed by atoms with E-state index in [0.717, 1.165) is 12.3 Å². The van der Waals surface area contributed by atoms with Crippen molar-refractivity contribution in [2.75, 3.05) is 5.88 Å². The molecule has 94 valence electrons. The van der Waals surface area contributed by atoms with E-state index in [0.29, 0.717) is 11.8 Å². The third-order valence-electron chi connectivity index (χ3n) is 3.80. The van der Waals surface area contributed by atoms with Crippen molar-refractivity contribution in [3.8, 4) is 0 Å². The minimum absolute atomic E-state index is 0.160. The van der Waals surface area contributed by atoms with Crippen molar-refractivity contribution in [2.45, 2.75) is 38.5 Å². The molecule has 1 unspecified atom stereocenters. The van der Waals surface area contributed by atoms with Crippen LogP contribution in [0.4, 0.5) is 4.39 Å². The summed E-state index contributed by atoms with van der Waals surface area (Å²) >= 11 is 6.05. The van der Waals surface area contributed by atoms with Gasteiger partial charge in [0.25, 0.3) is 0 Å². The Labute approximate surface area is 108 Å². The molecule has 0 aromatic heterocycles. The van der Waals surface area contributed by atoms with Gasteiger partial charge in [-0.15, -0.1) is 11.6 Å². The normalized spacial score (nSPS) is 18.5. The SMILES string of the molecule is Fc1ccc(CC(CCl)CC2CCCC2)cc1. The van der Waals surface area contributed by atoms with E-state index in [1.54, 1.807) is 0 Å². The molecule has 2 heteroatoms. The molecule has 1 aliphatic rings. The van der Waals surface area contributed by atoms with E-state index in [-0.39, 0.29) is 5.82 Å². The van der Waals surface area contributed by atoms with Crippen LogP contribution in [-0.2, 0) is 6.42 Å². The maximum atomic E-state index is 12.8. The number of rotatable bonds is 5. The van der Waals surface area contributed by atoms with Crippen molar-refractivity contribution < 1.29 is 4.39 Å². The molecule has 0 amide bonds. The molecule has 0 radical (unpaired) electrons. The van der Waals surface area contributed by atoms with E-state index in [1.807, 2.05) is 12.1 Å². The van der Waals surface area contributed by atoms with Crippen LogP contribution in [0.5, 0.6) is 0 Å². The van der Waals surface area contributed by atoms with Crippen LogP contribution in [0.1, 0.15) is 37.7 Å². The Morgan fingerprint density at radius 3 is 2.41 bits per heavy atom. The van der Waals surface area contributed by atoms with Gasteiger partial charge >= 0.3 is 0 Å². The van der Waals surface area contributed by atoms with Crippen molar-refractivity contribution in [2.24, 2.45) is 11.8 Å². The van der Waals surface area contributed by atoms with E-state index in [9.17, 15) is 4.39 Å². The first-order valence-corrected chi connectivity index (χ1v) is 7.12. The summed E-state index contributed by atoms with van der Waals surface area (Å²) < 4.78 is 12.8. The highest BCUT2D eigenvalue weighted by Crippen LogP contribution is 2.31. The van der Waals surface area contributed by atoms with Crippen LogP contribution >= 0.6 is 11.6 Å². The monoisotopic (exact) mass is 254 g/mol. The van der Waals surface area contributed by atoms with Crippen molar-refractivity contribution in [3.63, 3.8) is 0 Å². The van der Waals surface area contributed by atoms with Crippen LogP contribution in [0.25, 0.3) is 0 Å². The van der Waals surface area contributed by atoms with Gasteiger partial charge in [0.05, 0.1) is 0 Å². The summed E-state index contributed by atoms with van der Waals surface area (Å²) in [4.78, 5) is 0. The van der Waals surface area contributed by atoms with Gasteiger partial charge in [0, 0.05) is 5.88 Å². The molecule has 1 saturated carbocycles. The first-order valence-electron chi connectivity index (χ1n) is 6.58. The lowest BCUT2D eigenvalue weighted by Gasteiger charge is -2.18. The van der Waals surface area contributed by atoms with Gasteiger partial charge in [0.15, 0.2) is 0 Å². The van der Waals surface area contributed by atoms with Gasteiger partial charge in [0.2, 0.25) is 0 Å². The highest BCUT2D eigenvalue weighted by Gasteiger charge is 2.19. The van der Waals surface area contributed by atoms with Crippen LogP contribution in [0.15, 0.2) is 24.3 Å². The van der Waals surface area contributed by atoms with Crippen molar-refractivity contribution in [1.82, 2.24) is 0 Å². The van der Waals surface area contributed by atoms with Crippen molar-refractivity contribution >= 4 is 11.6 Å². The Balaban J connectivity index is 1.87. The van der Waals surface area contributed by atoms with Crippen LogP contribution < -0.4 is 0 Å². The lowest BCUT2D eigenvalue weighted by Crippen LogP contribution is -2.11. The quantitative estimate of drug-likeness (QED) is 0.662. The molecule has 1 atom stereocenters. The second-order valence-corrected chi connectivity index (χ2v) is 5.55. The Kier molecular flexibility index (Phi) is 4.85. The summed E-state index contributed by atoms with van der Waals surface area (Å²) in [5, 5.41) is 0. The smallest absolute Gasteiger partial charge is 0.123 e. The lowest BCUT2D eigenvalue weighted by molar-refractivity contribution is 0.399. The highest BCUT2D eigenvalue weighted by molar-refractivity contribution is 6.18. The van der Waals surface area contributed by atoms with Crippen molar-refractivity contribution in [3.05, 3.63) is 35.6 Å². The second-order valence-electron chi connectivity index (χ2n) is 5.24. The number of halogens is 2. The van der Waals surface area contributed by atoms with E-state index in [1.165, 1.54) is 49.8 Å². The van der Waals surface area contributed by atoms with Gasteiger partial charge in [0.1, 0.15) is 5.82 Å². The zero-order valence-electron chi connectivity index (χ0n) is 10.2. The topological polar surface area (TPSA) is 0 Å². The van der Waals surface area contributed by atoms with Gasteiger partial charge in [-0.2, -0.15) is 0 Å². The van der Waals surface area contributed by atoms with E-state index in [2.05, 4.69) is 0 Å². The summed E-state index contributed by atoms with van der Waals surface area (Å²) in [6.07, 6.45) is 7.74. The molecule has 1 aliphatic carbocycles. The molecule has 0 spiro atoms.